The largest absolute Gasteiger partial charge is 0.497 e. The number of aromatic amines is 1. The van der Waals surface area contributed by atoms with Gasteiger partial charge in [-0.05, 0) is 30.3 Å². The molecule has 0 spiro atoms. The zero-order valence-corrected chi connectivity index (χ0v) is 13.9. The Labute approximate surface area is 148 Å². The number of ether oxygens (including phenoxy) is 1. The normalized spacial score (nSPS) is 10.8. The Morgan fingerprint density at radius 1 is 1.23 bits per heavy atom. The molecule has 8 heteroatoms. The number of para-hydroxylation sites is 1. The molecule has 2 N–H and O–H groups in total. The summed E-state index contributed by atoms with van der Waals surface area (Å²) >= 11 is 0. The summed E-state index contributed by atoms with van der Waals surface area (Å²) in [5.74, 6) is 1.28. The number of rotatable bonds is 5. The summed E-state index contributed by atoms with van der Waals surface area (Å²) in [4.78, 5) is 16.7. The molecule has 2 aromatic carbocycles. The molecule has 26 heavy (non-hydrogen) atoms. The first-order valence-corrected chi connectivity index (χ1v) is 7.92. The van der Waals surface area contributed by atoms with Crippen molar-refractivity contribution in [2.45, 2.75) is 6.54 Å². The predicted molar refractivity (Wildman–Crippen MR) is 93.5 cm³/mol. The van der Waals surface area contributed by atoms with Crippen molar-refractivity contribution in [2.75, 3.05) is 7.11 Å². The van der Waals surface area contributed by atoms with Gasteiger partial charge >= 0.3 is 0 Å². The molecule has 0 unspecified atom stereocenters. The molecule has 0 aliphatic rings. The molecular weight excluding hydrogens is 334 g/mol. The van der Waals surface area contributed by atoms with E-state index >= 15 is 0 Å². The van der Waals surface area contributed by atoms with E-state index in [-0.39, 0.29) is 12.5 Å². The Morgan fingerprint density at radius 2 is 2.08 bits per heavy atom. The van der Waals surface area contributed by atoms with Crippen LogP contribution >= 0.6 is 0 Å². The van der Waals surface area contributed by atoms with Crippen LogP contribution < -0.4 is 10.1 Å². The molecule has 2 aromatic heterocycles. The first kappa shape index (κ1) is 15.8. The van der Waals surface area contributed by atoms with Crippen LogP contribution in [-0.4, -0.2) is 33.4 Å². The molecule has 1 amide bonds. The number of methoxy groups -OCH3 is 1. The van der Waals surface area contributed by atoms with Crippen molar-refractivity contribution in [3.8, 4) is 17.2 Å². The molecule has 4 rings (SSSR count). The second-order valence-electron chi connectivity index (χ2n) is 5.57. The van der Waals surface area contributed by atoms with Gasteiger partial charge in [-0.1, -0.05) is 17.3 Å². The molecule has 8 nitrogen and oxygen atoms in total. The fourth-order valence-electron chi connectivity index (χ4n) is 2.59. The number of H-pyrrole nitrogens is 1. The van der Waals surface area contributed by atoms with Gasteiger partial charge in [0.25, 0.3) is 11.8 Å². The number of fused-ring (bicyclic) bond motifs is 1. The van der Waals surface area contributed by atoms with Gasteiger partial charge in [0, 0.05) is 10.9 Å². The molecule has 0 atom stereocenters. The minimum Gasteiger partial charge on any atom is -0.497 e. The Balaban J connectivity index is 1.46. The van der Waals surface area contributed by atoms with E-state index in [0.29, 0.717) is 22.8 Å². The molecular formula is C18H15N5O3. The number of nitrogens with zero attached hydrogens (tertiary/aromatic N) is 3. The van der Waals surface area contributed by atoms with Crippen molar-refractivity contribution in [1.29, 1.82) is 0 Å². The average molecular weight is 349 g/mol. The molecule has 0 aliphatic carbocycles. The van der Waals surface area contributed by atoms with Gasteiger partial charge in [0.2, 0.25) is 0 Å². The third-order valence-electron chi connectivity index (χ3n) is 3.93. The summed E-state index contributed by atoms with van der Waals surface area (Å²) in [6.45, 7) is 0.156. The Bertz CT molecular complexity index is 1050. The lowest BCUT2D eigenvalue weighted by molar-refractivity contribution is 0.0951. The number of hydrogen-bond acceptors (Lipinski definition) is 6. The van der Waals surface area contributed by atoms with Crippen molar-refractivity contribution in [1.82, 2.24) is 25.7 Å². The second kappa shape index (κ2) is 6.67. The summed E-state index contributed by atoms with van der Waals surface area (Å²) in [5.41, 5.74) is 1.98. The summed E-state index contributed by atoms with van der Waals surface area (Å²) in [5, 5.41) is 14.4. The molecule has 0 radical (unpaired) electrons. The van der Waals surface area contributed by atoms with Crippen LogP contribution in [0.1, 0.15) is 16.2 Å². The maximum absolute atomic E-state index is 12.4. The third-order valence-corrected chi connectivity index (χ3v) is 3.93. The number of aromatic nitrogens is 4. The number of carbonyl (C=O) groups is 1. The lowest BCUT2D eigenvalue weighted by Crippen LogP contribution is -2.23. The predicted octanol–water partition coefficient (Wildman–Crippen LogP) is 2.55. The van der Waals surface area contributed by atoms with Gasteiger partial charge in [0.15, 0.2) is 5.82 Å². The average Bonchev–Trinajstić information content (AvgIpc) is 3.35. The molecule has 130 valence electrons. The van der Waals surface area contributed by atoms with E-state index in [4.69, 9.17) is 9.26 Å². The van der Waals surface area contributed by atoms with Crippen LogP contribution in [0.2, 0.25) is 0 Å². The molecule has 0 aliphatic heterocycles. The second-order valence-corrected chi connectivity index (χ2v) is 5.57. The lowest BCUT2D eigenvalue weighted by Gasteiger charge is -2.03. The number of amides is 1. The van der Waals surface area contributed by atoms with Gasteiger partial charge in [-0.15, -0.1) is 0 Å². The van der Waals surface area contributed by atoms with Crippen LogP contribution in [-0.2, 0) is 6.54 Å². The van der Waals surface area contributed by atoms with E-state index in [1.165, 1.54) is 0 Å². The first-order valence-electron chi connectivity index (χ1n) is 7.92. The lowest BCUT2D eigenvalue weighted by atomic mass is 10.1. The number of hydrogen-bond donors (Lipinski definition) is 2. The Hall–Kier alpha value is -3.68. The van der Waals surface area contributed by atoms with Crippen molar-refractivity contribution in [2.24, 2.45) is 0 Å². The molecule has 4 aromatic rings. The van der Waals surface area contributed by atoms with Crippen LogP contribution in [0.3, 0.4) is 0 Å². The third kappa shape index (κ3) is 3.00. The first-order chi connectivity index (χ1) is 12.7. The molecule has 0 saturated carbocycles. The van der Waals surface area contributed by atoms with E-state index in [1.54, 1.807) is 19.4 Å². The molecule has 2 heterocycles. The number of benzene rings is 2. The summed E-state index contributed by atoms with van der Waals surface area (Å²) in [6.07, 6.45) is 1.67. The standard InChI is InChI=1S/C18H15N5O3/c1-25-13-7-5-11(6-8-13)18-21-15(23-26-18)10-19-17(24)14-4-2-3-12-9-20-22-16(12)14/h2-9H,10H2,1H3,(H,19,24)(H,20,22). The maximum atomic E-state index is 12.4. The molecule has 0 saturated heterocycles. The van der Waals surface area contributed by atoms with Crippen molar-refractivity contribution in [3.63, 3.8) is 0 Å². The van der Waals surface area contributed by atoms with E-state index in [1.807, 2.05) is 36.4 Å². The van der Waals surface area contributed by atoms with Crippen molar-refractivity contribution in [3.05, 3.63) is 60.0 Å². The monoisotopic (exact) mass is 349 g/mol. The van der Waals surface area contributed by atoms with E-state index in [0.717, 1.165) is 16.7 Å². The van der Waals surface area contributed by atoms with Gasteiger partial charge in [0.1, 0.15) is 5.75 Å². The fraction of sp³-hybridized carbons (Fsp3) is 0.111. The van der Waals surface area contributed by atoms with Crippen LogP contribution in [0.4, 0.5) is 0 Å². The highest BCUT2D eigenvalue weighted by atomic mass is 16.5. The quantitative estimate of drug-likeness (QED) is 0.573. The summed E-state index contributed by atoms with van der Waals surface area (Å²) in [6, 6.07) is 12.7. The SMILES string of the molecule is COc1ccc(-c2nc(CNC(=O)c3cccc4cn[nH]c34)no2)cc1. The van der Waals surface area contributed by atoms with Crippen LogP contribution in [0.25, 0.3) is 22.4 Å². The Kier molecular flexibility index (Phi) is 4.06. The maximum Gasteiger partial charge on any atom is 0.257 e. The number of carbonyl (C=O) groups excluding carboxylic acids is 1. The van der Waals surface area contributed by atoms with Crippen molar-refractivity contribution >= 4 is 16.8 Å². The minimum atomic E-state index is -0.240. The van der Waals surface area contributed by atoms with Gasteiger partial charge in [-0.3, -0.25) is 9.89 Å². The summed E-state index contributed by atoms with van der Waals surface area (Å²) < 4.78 is 10.4. The zero-order chi connectivity index (χ0) is 17.9. The van der Waals surface area contributed by atoms with Gasteiger partial charge in [0.05, 0.1) is 30.9 Å². The van der Waals surface area contributed by atoms with Crippen LogP contribution in [0.5, 0.6) is 5.75 Å². The zero-order valence-electron chi connectivity index (χ0n) is 13.9. The van der Waals surface area contributed by atoms with E-state index in [9.17, 15) is 4.79 Å². The molecule has 0 fully saturated rings. The van der Waals surface area contributed by atoms with Gasteiger partial charge < -0.3 is 14.6 Å². The van der Waals surface area contributed by atoms with Gasteiger partial charge in [-0.25, -0.2) is 0 Å². The van der Waals surface area contributed by atoms with Gasteiger partial charge in [-0.2, -0.15) is 10.1 Å². The van der Waals surface area contributed by atoms with E-state index < -0.39 is 0 Å². The summed E-state index contributed by atoms with van der Waals surface area (Å²) in [7, 11) is 1.60. The highest BCUT2D eigenvalue weighted by Gasteiger charge is 2.13. The minimum absolute atomic E-state index is 0.156. The van der Waals surface area contributed by atoms with Crippen molar-refractivity contribution < 1.29 is 14.1 Å². The highest BCUT2D eigenvalue weighted by molar-refractivity contribution is 6.05. The van der Waals surface area contributed by atoms with Crippen LogP contribution in [0, 0.1) is 0 Å². The van der Waals surface area contributed by atoms with E-state index in [2.05, 4.69) is 25.7 Å². The number of nitrogens with one attached hydrogen (secondary N) is 2. The van der Waals surface area contributed by atoms with Crippen LogP contribution in [0.15, 0.2) is 53.2 Å². The topological polar surface area (TPSA) is 106 Å². The fourth-order valence-corrected chi connectivity index (χ4v) is 2.59. The highest BCUT2D eigenvalue weighted by Crippen LogP contribution is 2.20. The Morgan fingerprint density at radius 3 is 2.88 bits per heavy atom. The smallest absolute Gasteiger partial charge is 0.257 e. The molecule has 0 bridgehead atoms.